The minimum Gasteiger partial charge on any atom is -0.392 e. The largest absolute Gasteiger partial charge is 0.392 e. The zero-order valence-corrected chi connectivity index (χ0v) is 10.1. The Morgan fingerprint density at radius 1 is 1.69 bits per heavy atom. The number of carbonyl (C=O) groups excluding carboxylic acids is 1. The van der Waals surface area contributed by atoms with E-state index in [2.05, 4.69) is 10.6 Å². The molecule has 1 amide bonds. The first kappa shape index (κ1) is 11.9. The molecule has 2 atom stereocenters. The van der Waals surface area contributed by atoms with Crippen molar-refractivity contribution in [2.45, 2.75) is 25.1 Å². The summed E-state index contributed by atoms with van der Waals surface area (Å²) in [7, 11) is 0. The van der Waals surface area contributed by atoms with E-state index in [4.69, 9.17) is 11.6 Å². The lowest BCUT2D eigenvalue weighted by molar-refractivity contribution is -0.123. The second kappa shape index (κ2) is 5.14. The topological polar surface area (TPSA) is 61.4 Å². The maximum Gasteiger partial charge on any atom is 0.237 e. The number of halogens is 1. The van der Waals surface area contributed by atoms with Crippen LogP contribution in [0.1, 0.15) is 11.3 Å². The number of amides is 1. The lowest BCUT2D eigenvalue weighted by Crippen LogP contribution is -2.39. The van der Waals surface area contributed by atoms with Gasteiger partial charge in [0, 0.05) is 11.4 Å². The number of hydrogen-bond acceptors (Lipinski definition) is 4. The molecule has 4 nitrogen and oxygen atoms in total. The molecule has 2 unspecified atom stereocenters. The molecule has 1 fully saturated rings. The summed E-state index contributed by atoms with van der Waals surface area (Å²) < 4.78 is 0.721. The van der Waals surface area contributed by atoms with Gasteiger partial charge in [0.2, 0.25) is 5.91 Å². The van der Waals surface area contributed by atoms with E-state index in [0.717, 1.165) is 9.21 Å². The number of carbonyl (C=O) groups is 1. The summed E-state index contributed by atoms with van der Waals surface area (Å²) in [5, 5.41) is 15.1. The van der Waals surface area contributed by atoms with Gasteiger partial charge in [-0.05, 0) is 18.6 Å². The smallest absolute Gasteiger partial charge is 0.237 e. The first-order valence-corrected chi connectivity index (χ1v) is 6.28. The van der Waals surface area contributed by atoms with E-state index in [1.54, 1.807) is 0 Å². The van der Waals surface area contributed by atoms with E-state index in [1.807, 2.05) is 12.1 Å². The molecule has 1 saturated heterocycles. The van der Waals surface area contributed by atoms with Crippen LogP contribution in [0.4, 0.5) is 0 Å². The summed E-state index contributed by atoms with van der Waals surface area (Å²) in [6, 6.07) is 3.43. The molecule has 1 aliphatic heterocycles. The summed E-state index contributed by atoms with van der Waals surface area (Å²) in [4.78, 5) is 12.7. The van der Waals surface area contributed by atoms with Gasteiger partial charge in [-0.2, -0.15) is 0 Å². The van der Waals surface area contributed by atoms with Gasteiger partial charge < -0.3 is 15.7 Å². The predicted molar refractivity (Wildman–Crippen MR) is 63.6 cm³/mol. The fourth-order valence-corrected chi connectivity index (χ4v) is 2.69. The Labute approximate surface area is 103 Å². The Balaban J connectivity index is 1.80. The summed E-state index contributed by atoms with van der Waals surface area (Å²) >= 11 is 7.24. The highest BCUT2D eigenvalue weighted by molar-refractivity contribution is 7.16. The van der Waals surface area contributed by atoms with Gasteiger partial charge in [0.1, 0.15) is 0 Å². The van der Waals surface area contributed by atoms with Crippen LogP contribution in [0.2, 0.25) is 4.34 Å². The van der Waals surface area contributed by atoms with Crippen molar-refractivity contribution in [3.05, 3.63) is 21.3 Å². The van der Waals surface area contributed by atoms with Gasteiger partial charge >= 0.3 is 0 Å². The third kappa shape index (κ3) is 2.95. The molecule has 0 bridgehead atoms. The molecular weight excluding hydrogens is 248 g/mol. The average molecular weight is 261 g/mol. The van der Waals surface area contributed by atoms with Crippen molar-refractivity contribution in [1.29, 1.82) is 0 Å². The van der Waals surface area contributed by atoms with E-state index < -0.39 is 6.10 Å². The highest BCUT2D eigenvalue weighted by Crippen LogP contribution is 2.21. The van der Waals surface area contributed by atoms with E-state index in [0.29, 0.717) is 19.5 Å². The van der Waals surface area contributed by atoms with E-state index in [1.165, 1.54) is 11.3 Å². The molecule has 0 saturated carbocycles. The van der Waals surface area contributed by atoms with Crippen molar-refractivity contribution < 1.29 is 9.90 Å². The van der Waals surface area contributed by atoms with Crippen molar-refractivity contribution in [2.75, 3.05) is 6.54 Å². The zero-order chi connectivity index (χ0) is 11.5. The maximum atomic E-state index is 11.7. The fraction of sp³-hybridized carbons (Fsp3) is 0.500. The molecule has 0 aliphatic carbocycles. The van der Waals surface area contributed by atoms with Crippen LogP contribution in [0.3, 0.4) is 0 Å². The number of aliphatic hydroxyl groups excluding tert-OH is 1. The van der Waals surface area contributed by atoms with Crippen LogP contribution < -0.4 is 10.6 Å². The van der Waals surface area contributed by atoms with E-state index in [9.17, 15) is 9.90 Å². The SMILES string of the molecule is O=C(NCc1ccc(Cl)s1)C1CC(O)CN1. The number of β-amino-alcohol motifs (C(OH)–C–C–N with tert-alkyl or cyclic N) is 1. The summed E-state index contributed by atoms with van der Waals surface area (Å²) in [6.07, 6.45) is 0.0729. The third-order valence-corrected chi connectivity index (χ3v) is 3.72. The van der Waals surface area contributed by atoms with Crippen LogP contribution in [-0.4, -0.2) is 29.7 Å². The molecule has 6 heteroatoms. The minimum absolute atomic E-state index is 0.0685. The van der Waals surface area contributed by atoms with Crippen LogP contribution >= 0.6 is 22.9 Å². The standard InChI is InChI=1S/C10H13ClN2O2S/c11-9-2-1-7(16-9)5-13-10(15)8-3-6(14)4-12-8/h1-2,6,8,12,14H,3-5H2,(H,13,15). The highest BCUT2D eigenvalue weighted by Gasteiger charge is 2.27. The highest BCUT2D eigenvalue weighted by atomic mass is 35.5. The summed E-state index contributed by atoms with van der Waals surface area (Å²) in [5.74, 6) is -0.0685. The fourth-order valence-electron chi connectivity index (χ4n) is 1.66. The molecule has 1 aliphatic rings. The van der Waals surface area contributed by atoms with Gasteiger partial charge in [-0.1, -0.05) is 11.6 Å². The molecule has 16 heavy (non-hydrogen) atoms. The number of thiophene rings is 1. The molecular formula is C10H13ClN2O2S. The quantitative estimate of drug-likeness (QED) is 0.751. The average Bonchev–Trinajstić information content (AvgIpc) is 2.84. The monoisotopic (exact) mass is 260 g/mol. The second-order valence-electron chi connectivity index (χ2n) is 3.77. The van der Waals surface area contributed by atoms with Crippen LogP contribution in [0.5, 0.6) is 0 Å². The van der Waals surface area contributed by atoms with Crippen molar-refractivity contribution in [2.24, 2.45) is 0 Å². The van der Waals surface area contributed by atoms with Crippen LogP contribution in [-0.2, 0) is 11.3 Å². The van der Waals surface area contributed by atoms with E-state index in [-0.39, 0.29) is 11.9 Å². The lowest BCUT2D eigenvalue weighted by Gasteiger charge is -2.09. The van der Waals surface area contributed by atoms with Crippen LogP contribution in [0.25, 0.3) is 0 Å². The molecule has 0 spiro atoms. The third-order valence-electron chi connectivity index (χ3n) is 2.49. The molecule has 0 aromatic carbocycles. The van der Waals surface area contributed by atoms with Gasteiger partial charge in [-0.25, -0.2) is 0 Å². The number of aliphatic hydroxyl groups is 1. The van der Waals surface area contributed by atoms with Crippen molar-refractivity contribution in [3.63, 3.8) is 0 Å². The van der Waals surface area contributed by atoms with Crippen LogP contribution in [0, 0.1) is 0 Å². The normalized spacial score (nSPS) is 24.6. The Morgan fingerprint density at radius 2 is 2.50 bits per heavy atom. The van der Waals surface area contributed by atoms with Gasteiger partial charge in [0.05, 0.1) is 23.0 Å². The molecule has 2 heterocycles. The van der Waals surface area contributed by atoms with Gasteiger partial charge in [-0.3, -0.25) is 4.79 Å². The molecule has 0 radical (unpaired) electrons. The first-order valence-electron chi connectivity index (χ1n) is 5.08. The predicted octanol–water partition coefficient (Wildman–Crippen LogP) is 0.740. The number of hydrogen-bond donors (Lipinski definition) is 3. The molecule has 1 aromatic heterocycles. The Kier molecular flexibility index (Phi) is 3.81. The maximum absolute atomic E-state index is 11.7. The van der Waals surface area contributed by atoms with Crippen molar-refractivity contribution in [3.8, 4) is 0 Å². The first-order chi connectivity index (χ1) is 7.65. The van der Waals surface area contributed by atoms with Crippen molar-refractivity contribution >= 4 is 28.8 Å². The van der Waals surface area contributed by atoms with Gasteiger partial charge in [0.15, 0.2) is 0 Å². The second-order valence-corrected chi connectivity index (χ2v) is 5.57. The van der Waals surface area contributed by atoms with Crippen molar-refractivity contribution in [1.82, 2.24) is 10.6 Å². The Hall–Kier alpha value is -0.620. The number of rotatable bonds is 3. The zero-order valence-electron chi connectivity index (χ0n) is 8.57. The Bertz CT molecular complexity index is 383. The van der Waals surface area contributed by atoms with E-state index >= 15 is 0 Å². The summed E-state index contributed by atoms with van der Waals surface area (Å²) in [5.41, 5.74) is 0. The number of nitrogens with one attached hydrogen (secondary N) is 2. The minimum atomic E-state index is -0.410. The molecule has 1 aromatic rings. The molecule has 3 N–H and O–H groups in total. The molecule has 88 valence electrons. The Morgan fingerprint density at radius 3 is 3.06 bits per heavy atom. The summed E-state index contributed by atoms with van der Waals surface area (Å²) in [6.45, 7) is 0.980. The molecule has 2 rings (SSSR count). The lowest BCUT2D eigenvalue weighted by atomic mass is 10.2. The van der Waals surface area contributed by atoms with Gasteiger partial charge in [-0.15, -0.1) is 11.3 Å². The van der Waals surface area contributed by atoms with Gasteiger partial charge in [0.25, 0.3) is 0 Å². The van der Waals surface area contributed by atoms with Crippen LogP contribution in [0.15, 0.2) is 12.1 Å².